The Labute approximate surface area is 119 Å². The maximum atomic E-state index is 12.0. The zero-order valence-electron chi connectivity index (χ0n) is 11.5. The number of benzene rings is 2. The minimum absolute atomic E-state index is 0.0104. The molecule has 0 atom stereocenters. The first-order valence-corrected chi connectivity index (χ1v) is 6.74. The van der Waals surface area contributed by atoms with E-state index in [4.69, 9.17) is 9.47 Å². The molecule has 0 N–H and O–H groups in total. The van der Waals surface area contributed by atoms with Gasteiger partial charge in [0.25, 0.3) is 0 Å². The second-order valence-electron chi connectivity index (χ2n) is 4.37. The summed E-state index contributed by atoms with van der Waals surface area (Å²) in [7, 11) is 0. The Kier molecular flexibility index (Phi) is 5.18. The van der Waals surface area contributed by atoms with Crippen LogP contribution in [0.2, 0.25) is 0 Å². The van der Waals surface area contributed by atoms with Crippen molar-refractivity contribution in [2.45, 2.75) is 13.3 Å². The van der Waals surface area contributed by atoms with Gasteiger partial charge in [-0.1, -0.05) is 49.4 Å². The average molecular weight is 270 g/mol. The molecule has 0 saturated heterocycles. The maximum Gasteiger partial charge on any atom is 0.200 e. The number of para-hydroxylation sites is 2. The molecule has 0 aliphatic heterocycles. The van der Waals surface area contributed by atoms with E-state index in [2.05, 4.69) is 0 Å². The molecule has 0 heterocycles. The summed E-state index contributed by atoms with van der Waals surface area (Å²) in [6, 6.07) is 16.5. The summed E-state index contributed by atoms with van der Waals surface area (Å²) < 4.78 is 11.2. The fourth-order valence-electron chi connectivity index (χ4n) is 1.75. The van der Waals surface area contributed by atoms with Crippen molar-refractivity contribution in [3.05, 3.63) is 60.2 Å². The molecule has 0 amide bonds. The van der Waals surface area contributed by atoms with Crippen molar-refractivity contribution in [2.24, 2.45) is 0 Å². The molecule has 0 unspecified atom stereocenters. The average Bonchev–Trinajstić information content (AvgIpc) is 2.52. The van der Waals surface area contributed by atoms with E-state index in [0.717, 1.165) is 6.42 Å². The summed E-state index contributed by atoms with van der Waals surface area (Å²) >= 11 is 0. The lowest BCUT2D eigenvalue weighted by Gasteiger charge is -2.11. The number of carbonyl (C=O) groups is 1. The van der Waals surface area contributed by atoms with Crippen LogP contribution in [0.4, 0.5) is 0 Å². The van der Waals surface area contributed by atoms with Gasteiger partial charge in [-0.25, -0.2) is 0 Å². The summed E-state index contributed by atoms with van der Waals surface area (Å²) in [6.45, 7) is 2.69. The van der Waals surface area contributed by atoms with Crippen molar-refractivity contribution in [1.82, 2.24) is 0 Å². The largest absolute Gasteiger partial charge is 0.490 e. The van der Waals surface area contributed by atoms with Gasteiger partial charge in [0.15, 0.2) is 23.9 Å². The van der Waals surface area contributed by atoms with Gasteiger partial charge in [-0.3, -0.25) is 4.79 Å². The number of ether oxygens (including phenoxy) is 2. The summed E-state index contributed by atoms with van der Waals surface area (Å²) in [5.74, 6) is 1.23. The van der Waals surface area contributed by atoms with Crippen LogP contribution in [-0.2, 0) is 0 Å². The van der Waals surface area contributed by atoms with Gasteiger partial charge in [-0.15, -0.1) is 0 Å². The fraction of sp³-hybridized carbons (Fsp3) is 0.235. The van der Waals surface area contributed by atoms with Crippen molar-refractivity contribution < 1.29 is 14.3 Å². The molecule has 104 valence electrons. The molecule has 20 heavy (non-hydrogen) atoms. The lowest BCUT2D eigenvalue weighted by atomic mass is 10.1. The monoisotopic (exact) mass is 270 g/mol. The van der Waals surface area contributed by atoms with Crippen molar-refractivity contribution in [3.8, 4) is 11.5 Å². The molecule has 3 heteroatoms. The normalized spacial score (nSPS) is 10.1. The first-order valence-electron chi connectivity index (χ1n) is 6.74. The van der Waals surface area contributed by atoms with Gasteiger partial charge in [0, 0.05) is 5.56 Å². The predicted molar refractivity (Wildman–Crippen MR) is 78.5 cm³/mol. The lowest BCUT2D eigenvalue weighted by molar-refractivity contribution is 0.0919. The number of carbonyl (C=O) groups excluding carboxylic acids is 1. The first kappa shape index (κ1) is 14.1. The summed E-state index contributed by atoms with van der Waals surface area (Å²) in [5, 5.41) is 0. The molecule has 0 saturated carbocycles. The van der Waals surface area contributed by atoms with Gasteiger partial charge in [0.1, 0.15) is 0 Å². The number of ketones is 1. The smallest absolute Gasteiger partial charge is 0.200 e. The minimum Gasteiger partial charge on any atom is -0.490 e. The van der Waals surface area contributed by atoms with Crippen molar-refractivity contribution in [3.63, 3.8) is 0 Å². The van der Waals surface area contributed by atoms with Crippen LogP contribution in [0.3, 0.4) is 0 Å². The van der Waals surface area contributed by atoms with Crippen LogP contribution >= 0.6 is 0 Å². The Balaban J connectivity index is 1.98. The molecule has 3 nitrogen and oxygen atoms in total. The number of hydrogen-bond acceptors (Lipinski definition) is 3. The van der Waals surface area contributed by atoms with Gasteiger partial charge >= 0.3 is 0 Å². The predicted octanol–water partition coefficient (Wildman–Crippen LogP) is 3.74. The molecule has 0 spiro atoms. The zero-order valence-corrected chi connectivity index (χ0v) is 11.5. The highest BCUT2D eigenvalue weighted by molar-refractivity contribution is 5.97. The summed E-state index contributed by atoms with van der Waals surface area (Å²) in [4.78, 5) is 12.0. The number of Topliss-reactive ketones (excluding diaryl/α,β-unsaturated/α-hetero) is 1. The molecular formula is C17H18O3. The Morgan fingerprint density at radius 2 is 1.50 bits per heavy atom. The Morgan fingerprint density at radius 1 is 0.900 bits per heavy atom. The zero-order chi connectivity index (χ0) is 14.2. The summed E-state index contributed by atoms with van der Waals surface area (Å²) in [6.07, 6.45) is 0.928. The SMILES string of the molecule is CCCOc1ccccc1OCC(=O)c1ccccc1. The standard InChI is InChI=1S/C17H18O3/c1-2-12-19-16-10-6-7-11-17(16)20-13-15(18)14-8-4-3-5-9-14/h3-11H,2,12-13H2,1H3. The molecular weight excluding hydrogens is 252 g/mol. The molecule has 0 bridgehead atoms. The number of hydrogen-bond donors (Lipinski definition) is 0. The van der Waals surface area contributed by atoms with Crippen LogP contribution in [0.5, 0.6) is 11.5 Å². The van der Waals surface area contributed by atoms with Crippen LogP contribution in [0.25, 0.3) is 0 Å². The first-order chi connectivity index (χ1) is 9.81. The van der Waals surface area contributed by atoms with Gasteiger partial charge in [0.2, 0.25) is 0 Å². The molecule has 0 fully saturated rings. The minimum atomic E-state index is -0.0455. The van der Waals surface area contributed by atoms with Crippen LogP contribution in [0, 0.1) is 0 Å². The van der Waals surface area contributed by atoms with Crippen LogP contribution in [0.15, 0.2) is 54.6 Å². The van der Waals surface area contributed by atoms with E-state index in [1.807, 2.05) is 49.4 Å². The van der Waals surface area contributed by atoms with Gasteiger partial charge < -0.3 is 9.47 Å². The highest BCUT2D eigenvalue weighted by Crippen LogP contribution is 2.26. The van der Waals surface area contributed by atoms with Crippen LogP contribution in [0.1, 0.15) is 23.7 Å². The number of rotatable bonds is 7. The van der Waals surface area contributed by atoms with E-state index in [1.165, 1.54) is 0 Å². The maximum absolute atomic E-state index is 12.0. The van der Waals surface area contributed by atoms with E-state index in [0.29, 0.717) is 23.7 Å². The van der Waals surface area contributed by atoms with Crippen molar-refractivity contribution in [2.75, 3.05) is 13.2 Å². The molecule has 0 radical (unpaired) electrons. The highest BCUT2D eigenvalue weighted by atomic mass is 16.5. The van der Waals surface area contributed by atoms with Crippen LogP contribution < -0.4 is 9.47 Å². The topological polar surface area (TPSA) is 35.5 Å². The molecule has 2 aromatic carbocycles. The van der Waals surface area contributed by atoms with Gasteiger partial charge in [-0.2, -0.15) is 0 Å². The van der Waals surface area contributed by atoms with E-state index in [-0.39, 0.29) is 12.4 Å². The third kappa shape index (κ3) is 3.85. The highest BCUT2D eigenvalue weighted by Gasteiger charge is 2.09. The van der Waals surface area contributed by atoms with Gasteiger partial charge in [-0.05, 0) is 18.6 Å². The van der Waals surface area contributed by atoms with Crippen molar-refractivity contribution in [1.29, 1.82) is 0 Å². The Hall–Kier alpha value is -2.29. The second-order valence-corrected chi connectivity index (χ2v) is 4.37. The van der Waals surface area contributed by atoms with E-state index >= 15 is 0 Å². The summed E-state index contributed by atoms with van der Waals surface area (Å²) in [5.41, 5.74) is 0.652. The third-order valence-corrected chi connectivity index (χ3v) is 2.77. The Morgan fingerprint density at radius 3 is 2.15 bits per heavy atom. The fourth-order valence-corrected chi connectivity index (χ4v) is 1.75. The lowest BCUT2D eigenvalue weighted by Crippen LogP contribution is -2.12. The second kappa shape index (κ2) is 7.34. The quantitative estimate of drug-likeness (QED) is 0.719. The van der Waals surface area contributed by atoms with Gasteiger partial charge in [0.05, 0.1) is 6.61 Å². The van der Waals surface area contributed by atoms with Crippen LogP contribution in [-0.4, -0.2) is 19.0 Å². The Bertz CT molecular complexity index is 549. The molecule has 2 aromatic rings. The van der Waals surface area contributed by atoms with Crippen molar-refractivity contribution >= 4 is 5.78 Å². The molecule has 0 aromatic heterocycles. The van der Waals surface area contributed by atoms with E-state index in [9.17, 15) is 4.79 Å². The third-order valence-electron chi connectivity index (χ3n) is 2.77. The molecule has 0 aliphatic carbocycles. The molecule has 0 aliphatic rings. The van der Waals surface area contributed by atoms with E-state index in [1.54, 1.807) is 12.1 Å². The van der Waals surface area contributed by atoms with E-state index < -0.39 is 0 Å². The molecule has 2 rings (SSSR count).